The van der Waals surface area contributed by atoms with Gasteiger partial charge in [0.2, 0.25) is 0 Å². The average Bonchev–Trinajstić information content (AvgIpc) is 2.79. The number of benzene rings is 1. The summed E-state index contributed by atoms with van der Waals surface area (Å²) in [5.74, 6) is 5.52. The van der Waals surface area contributed by atoms with Gasteiger partial charge in [0.15, 0.2) is 5.65 Å². The molecule has 1 fully saturated rings. The van der Waals surface area contributed by atoms with Crippen molar-refractivity contribution in [2.45, 2.75) is 45.3 Å². The molecule has 2 aromatic heterocycles. The van der Waals surface area contributed by atoms with Crippen molar-refractivity contribution >= 4 is 44.8 Å². The lowest BCUT2D eigenvalue weighted by Gasteiger charge is -2.25. The number of rotatable bonds is 4. The number of hydrogen-bond acceptors (Lipinski definition) is 4. The Morgan fingerprint density at radius 1 is 1.18 bits per heavy atom. The maximum absolute atomic E-state index is 14.3. The molecule has 0 unspecified atom stereocenters. The Labute approximate surface area is 197 Å². The van der Waals surface area contributed by atoms with Crippen LogP contribution < -0.4 is 5.32 Å². The van der Waals surface area contributed by atoms with E-state index in [2.05, 4.69) is 26.1 Å². The standard InChI is InChI=1S/C21H19ClF4N4S.C2H6/c1-31-7-5-12(6-8-31)14-9-15-19(28-11-29-20(15)30-18(14)22)27-10-13-3-2-4-16(17(13)23)21(24,25)26;1-2/h2-4,9,11-12H,1,5-8,10H2,(H,27,28,29,30);1-2H3. The topological polar surface area (TPSA) is 50.7 Å². The third-order valence-electron chi connectivity index (χ3n) is 5.39. The van der Waals surface area contributed by atoms with E-state index in [1.807, 2.05) is 19.9 Å². The molecule has 1 aromatic carbocycles. The first kappa shape index (κ1) is 25.4. The van der Waals surface area contributed by atoms with E-state index in [-0.39, 0.29) is 28.5 Å². The van der Waals surface area contributed by atoms with Crippen molar-refractivity contribution in [2.24, 2.45) is 0 Å². The molecular formula is C23H25ClF4N4S. The van der Waals surface area contributed by atoms with Crippen LogP contribution in [0.15, 0.2) is 30.6 Å². The molecule has 178 valence electrons. The number of nitrogens with zero attached hydrogens (tertiary/aromatic N) is 3. The molecule has 0 bridgehead atoms. The Hall–Kier alpha value is -2.26. The van der Waals surface area contributed by atoms with Crippen molar-refractivity contribution < 1.29 is 17.6 Å². The maximum atomic E-state index is 14.3. The van der Waals surface area contributed by atoms with Gasteiger partial charge in [0.05, 0.1) is 10.9 Å². The summed E-state index contributed by atoms with van der Waals surface area (Å²) in [4.78, 5) is 12.7. The van der Waals surface area contributed by atoms with Crippen LogP contribution in [0.3, 0.4) is 0 Å². The van der Waals surface area contributed by atoms with E-state index >= 15 is 0 Å². The number of aromatic nitrogens is 3. The van der Waals surface area contributed by atoms with Crippen LogP contribution in [0.2, 0.25) is 5.15 Å². The van der Waals surface area contributed by atoms with Gasteiger partial charge in [-0.05, 0) is 48.0 Å². The van der Waals surface area contributed by atoms with Crippen LogP contribution in [0, 0.1) is 5.82 Å². The van der Waals surface area contributed by atoms with E-state index in [0.29, 0.717) is 22.0 Å². The molecule has 0 atom stereocenters. The highest BCUT2D eigenvalue weighted by molar-refractivity contribution is 8.14. The van der Waals surface area contributed by atoms with Crippen molar-refractivity contribution in [2.75, 3.05) is 16.8 Å². The van der Waals surface area contributed by atoms with Crippen LogP contribution in [-0.2, 0) is 12.7 Å². The van der Waals surface area contributed by atoms with Crippen LogP contribution >= 0.6 is 22.1 Å². The summed E-state index contributed by atoms with van der Waals surface area (Å²) in [6.45, 7) is 3.83. The summed E-state index contributed by atoms with van der Waals surface area (Å²) in [7, 11) is 0.176. The number of nitrogens with one attached hydrogen (secondary N) is 1. The molecule has 4 rings (SSSR count). The lowest BCUT2D eigenvalue weighted by atomic mass is 9.94. The van der Waals surface area contributed by atoms with Gasteiger partial charge in [-0.2, -0.15) is 23.7 Å². The van der Waals surface area contributed by atoms with Crippen LogP contribution in [-0.4, -0.2) is 32.3 Å². The van der Waals surface area contributed by atoms with Crippen LogP contribution in [0.25, 0.3) is 11.0 Å². The molecular weight excluding hydrogens is 476 g/mol. The van der Waals surface area contributed by atoms with Gasteiger partial charge in [0, 0.05) is 12.1 Å². The van der Waals surface area contributed by atoms with Gasteiger partial charge in [0.25, 0.3) is 0 Å². The molecule has 1 N–H and O–H groups in total. The molecule has 4 nitrogen and oxygen atoms in total. The zero-order valence-electron chi connectivity index (χ0n) is 18.3. The molecule has 0 amide bonds. The van der Waals surface area contributed by atoms with Crippen molar-refractivity contribution in [3.63, 3.8) is 0 Å². The number of fused-ring (bicyclic) bond motifs is 1. The average molecular weight is 501 g/mol. The maximum Gasteiger partial charge on any atom is 0.419 e. The largest absolute Gasteiger partial charge is 0.419 e. The van der Waals surface area contributed by atoms with Crippen molar-refractivity contribution in [3.05, 3.63) is 58.3 Å². The summed E-state index contributed by atoms with van der Waals surface area (Å²) in [6, 6.07) is 5.09. The van der Waals surface area contributed by atoms with Crippen molar-refractivity contribution in [1.29, 1.82) is 0 Å². The number of halogens is 5. The van der Waals surface area contributed by atoms with Crippen LogP contribution in [0.5, 0.6) is 0 Å². The second-order valence-electron chi connectivity index (χ2n) is 7.39. The van der Waals surface area contributed by atoms with Gasteiger partial charge < -0.3 is 5.32 Å². The highest BCUT2D eigenvalue weighted by atomic mass is 35.5. The Morgan fingerprint density at radius 3 is 2.55 bits per heavy atom. The number of alkyl halides is 3. The number of anilines is 1. The van der Waals surface area contributed by atoms with Gasteiger partial charge in [-0.15, -0.1) is 0 Å². The lowest BCUT2D eigenvalue weighted by Crippen LogP contribution is -2.12. The summed E-state index contributed by atoms with van der Waals surface area (Å²) < 4.78 is 53.3. The molecule has 33 heavy (non-hydrogen) atoms. The summed E-state index contributed by atoms with van der Waals surface area (Å²) >= 11 is 6.42. The summed E-state index contributed by atoms with van der Waals surface area (Å²) in [5, 5.41) is 3.91. The number of hydrogen-bond donors (Lipinski definition) is 1. The van der Waals surface area contributed by atoms with E-state index < -0.39 is 17.6 Å². The molecule has 0 spiro atoms. The normalized spacial score (nSPS) is 18.5. The molecule has 0 saturated carbocycles. The van der Waals surface area contributed by atoms with E-state index in [1.54, 1.807) is 0 Å². The zero-order valence-corrected chi connectivity index (χ0v) is 19.9. The Kier molecular flexibility index (Phi) is 8.28. The predicted octanol–water partition coefficient (Wildman–Crippen LogP) is 7.05. The van der Waals surface area contributed by atoms with Gasteiger partial charge in [-0.3, -0.25) is 0 Å². The SMILES string of the molecule is C=S1CCC(c2cc3c(NCc4cccc(C(F)(F)F)c4F)ncnc3nc2Cl)CC1.CC. The Morgan fingerprint density at radius 2 is 1.88 bits per heavy atom. The highest BCUT2D eigenvalue weighted by Crippen LogP contribution is 2.38. The fourth-order valence-corrected chi connectivity index (χ4v) is 5.43. The van der Waals surface area contributed by atoms with E-state index in [4.69, 9.17) is 11.6 Å². The molecule has 1 aliphatic rings. The predicted molar refractivity (Wildman–Crippen MR) is 129 cm³/mol. The summed E-state index contributed by atoms with van der Waals surface area (Å²) in [5.41, 5.74) is -0.146. The first-order chi connectivity index (χ1) is 15.7. The van der Waals surface area contributed by atoms with Gasteiger partial charge in [0.1, 0.15) is 23.1 Å². The zero-order chi connectivity index (χ0) is 24.2. The van der Waals surface area contributed by atoms with Gasteiger partial charge in [-0.25, -0.2) is 19.3 Å². The minimum Gasteiger partial charge on any atom is -0.365 e. The van der Waals surface area contributed by atoms with Crippen molar-refractivity contribution in [3.8, 4) is 0 Å². The Balaban J connectivity index is 0.00000149. The molecule has 3 aromatic rings. The second-order valence-corrected chi connectivity index (χ2v) is 9.79. The smallest absolute Gasteiger partial charge is 0.365 e. The van der Waals surface area contributed by atoms with Crippen LogP contribution in [0.4, 0.5) is 23.4 Å². The number of pyridine rings is 1. The minimum absolute atomic E-state index is 0.113. The van der Waals surface area contributed by atoms with E-state index in [9.17, 15) is 17.6 Å². The quantitative estimate of drug-likeness (QED) is 0.237. The molecule has 3 heterocycles. The fourth-order valence-electron chi connectivity index (χ4n) is 3.70. The van der Waals surface area contributed by atoms with Gasteiger partial charge in [-0.1, -0.05) is 43.5 Å². The van der Waals surface area contributed by atoms with E-state index in [1.165, 1.54) is 18.5 Å². The monoisotopic (exact) mass is 500 g/mol. The highest BCUT2D eigenvalue weighted by Gasteiger charge is 2.34. The fraction of sp³-hybridized carbons (Fsp3) is 0.391. The molecule has 0 radical (unpaired) electrons. The molecule has 10 heteroatoms. The molecule has 1 aliphatic heterocycles. The summed E-state index contributed by atoms with van der Waals surface area (Å²) in [6.07, 6.45) is -1.55. The molecule has 1 saturated heterocycles. The van der Waals surface area contributed by atoms with Crippen LogP contribution in [0.1, 0.15) is 49.3 Å². The first-order valence-corrected chi connectivity index (χ1v) is 12.7. The third-order valence-corrected chi connectivity index (χ3v) is 7.31. The minimum atomic E-state index is -4.76. The Bertz CT molecular complexity index is 1140. The lowest BCUT2D eigenvalue weighted by molar-refractivity contribution is -0.140. The van der Waals surface area contributed by atoms with Gasteiger partial charge >= 0.3 is 6.18 Å². The van der Waals surface area contributed by atoms with E-state index in [0.717, 1.165) is 36.0 Å². The second kappa shape index (κ2) is 10.8. The third kappa shape index (κ3) is 5.81. The van der Waals surface area contributed by atoms with Crippen molar-refractivity contribution in [1.82, 2.24) is 15.0 Å². The first-order valence-electron chi connectivity index (χ1n) is 10.6. The molecule has 0 aliphatic carbocycles.